The molecule has 0 saturated heterocycles. The van der Waals surface area contributed by atoms with E-state index in [2.05, 4.69) is 16.9 Å². The molecule has 1 aromatic rings. The summed E-state index contributed by atoms with van der Waals surface area (Å²) in [5.74, 6) is 0.706. The van der Waals surface area contributed by atoms with Crippen LogP contribution in [0.2, 0.25) is 0 Å². The molecule has 0 bridgehead atoms. The molecule has 20 heavy (non-hydrogen) atoms. The van der Waals surface area contributed by atoms with E-state index < -0.39 is 0 Å². The maximum atomic E-state index is 11.0. The second-order valence-corrected chi connectivity index (χ2v) is 5.27. The zero-order valence-corrected chi connectivity index (χ0v) is 12.9. The van der Waals surface area contributed by atoms with Crippen LogP contribution in [-0.4, -0.2) is 25.7 Å². The normalized spacial score (nSPS) is 12.1. The number of rotatable bonds is 7. The number of hydrogen-bond acceptors (Lipinski definition) is 4. The third kappa shape index (κ3) is 5.21. The van der Waals surface area contributed by atoms with Crippen molar-refractivity contribution in [3.8, 4) is 5.75 Å². The number of aryl methyl sites for hydroxylation is 2. The van der Waals surface area contributed by atoms with Gasteiger partial charge in [0.25, 0.3) is 0 Å². The molecule has 0 heterocycles. The molecule has 0 fully saturated rings. The first-order valence-electron chi connectivity index (χ1n) is 6.99. The van der Waals surface area contributed by atoms with Gasteiger partial charge in [0.2, 0.25) is 0 Å². The van der Waals surface area contributed by atoms with Crippen molar-refractivity contribution in [1.29, 1.82) is 0 Å². The molecule has 1 unspecified atom stereocenters. The summed E-state index contributed by atoms with van der Waals surface area (Å²) in [4.78, 5) is 11.0. The van der Waals surface area contributed by atoms with Crippen molar-refractivity contribution in [3.05, 3.63) is 28.8 Å². The molecule has 2 N–H and O–H groups in total. The average Bonchev–Trinajstić information content (AvgIpc) is 2.35. The average molecular weight is 279 g/mol. The Balaban J connectivity index is 2.60. The third-order valence-corrected chi connectivity index (χ3v) is 3.08. The van der Waals surface area contributed by atoms with E-state index in [9.17, 15) is 4.79 Å². The van der Waals surface area contributed by atoms with Gasteiger partial charge in [-0.2, -0.15) is 0 Å². The molecule has 112 valence electrons. The molecular formula is C16H25NO3. The Morgan fingerprint density at radius 2 is 1.90 bits per heavy atom. The lowest BCUT2D eigenvalue weighted by Gasteiger charge is -2.15. The number of benzene rings is 1. The van der Waals surface area contributed by atoms with E-state index in [1.807, 2.05) is 20.8 Å². The van der Waals surface area contributed by atoms with E-state index in [0.29, 0.717) is 19.4 Å². The molecule has 0 spiro atoms. The third-order valence-electron chi connectivity index (χ3n) is 3.08. The highest BCUT2D eigenvalue weighted by molar-refractivity contribution is 5.69. The molecule has 0 aliphatic rings. The highest BCUT2D eigenvalue weighted by atomic mass is 16.5. The minimum atomic E-state index is -0.200. The first-order valence-corrected chi connectivity index (χ1v) is 6.99. The summed E-state index contributed by atoms with van der Waals surface area (Å²) in [5.41, 5.74) is 9.28. The summed E-state index contributed by atoms with van der Waals surface area (Å²) in [5, 5.41) is 0. The highest BCUT2D eigenvalue weighted by Crippen LogP contribution is 2.25. The summed E-state index contributed by atoms with van der Waals surface area (Å²) in [6.07, 6.45) is 1.91. The van der Waals surface area contributed by atoms with Crippen molar-refractivity contribution in [1.82, 2.24) is 0 Å². The number of nitrogens with two attached hydrogens (primary N) is 1. The number of ether oxygens (including phenoxy) is 2. The van der Waals surface area contributed by atoms with Crippen LogP contribution in [-0.2, 0) is 16.0 Å². The van der Waals surface area contributed by atoms with Crippen LogP contribution in [0, 0.1) is 13.8 Å². The van der Waals surface area contributed by atoms with Gasteiger partial charge in [-0.1, -0.05) is 12.1 Å². The lowest BCUT2D eigenvalue weighted by Crippen LogP contribution is -2.18. The maximum absolute atomic E-state index is 11.0. The van der Waals surface area contributed by atoms with Crippen molar-refractivity contribution in [2.75, 3.05) is 13.7 Å². The molecule has 0 aromatic heterocycles. The van der Waals surface area contributed by atoms with Crippen LogP contribution >= 0.6 is 0 Å². The predicted octanol–water partition coefficient (Wildman–Crippen LogP) is 2.53. The van der Waals surface area contributed by atoms with Crippen LogP contribution in [0.5, 0.6) is 5.75 Å². The molecular weight excluding hydrogens is 254 g/mol. The molecule has 0 amide bonds. The number of esters is 1. The Morgan fingerprint density at radius 1 is 1.30 bits per heavy atom. The molecule has 0 saturated carbocycles. The SMILES string of the molecule is COC(=O)CCCOc1c(C)cc(CC(C)N)cc1C. The van der Waals surface area contributed by atoms with Crippen molar-refractivity contribution in [2.24, 2.45) is 5.73 Å². The summed E-state index contributed by atoms with van der Waals surface area (Å²) < 4.78 is 10.4. The van der Waals surface area contributed by atoms with Gasteiger partial charge in [0, 0.05) is 12.5 Å². The Morgan fingerprint density at radius 3 is 2.40 bits per heavy atom. The van der Waals surface area contributed by atoms with Crippen LogP contribution in [0.3, 0.4) is 0 Å². The van der Waals surface area contributed by atoms with Gasteiger partial charge in [-0.3, -0.25) is 4.79 Å². The minimum Gasteiger partial charge on any atom is -0.493 e. The number of carbonyl (C=O) groups is 1. The van der Waals surface area contributed by atoms with Gasteiger partial charge in [-0.15, -0.1) is 0 Å². The van der Waals surface area contributed by atoms with Crippen LogP contribution < -0.4 is 10.5 Å². The standard InChI is InChI=1S/C16H25NO3/c1-11-8-14(10-13(3)17)9-12(2)16(11)20-7-5-6-15(18)19-4/h8-9,13H,5-7,10,17H2,1-4H3. The Kier molecular flexibility index (Phi) is 6.52. The molecule has 1 aromatic carbocycles. The van der Waals surface area contributed by atoms with Crippen LogP contribution in [0.4, 0.5) is 0 Å². The second kappa shape index (κ2) is 7.90. The number of carbonyl (C=O) groups excluding carboxylic acids is 1. The zero-order chi connectivity index (χ0) is 15.1. The Hall–Kier alpha value is -1.55. The molecule has 1 rings (SSSR count). The summed E-state index contributed by atoms with van der Waals surface area (Å²) in [6, 6.07) is 4.39. The molecule has 0 radical (unpaired) electrons. The number of hydrogen-bond donors (Lipinski definition) is 1. The van der Waals surface area contributed by atoms with E-state index in [1.165, 1.54) is 12.7 Å². The van der Waals surface area contributed by atoms with E-state index in [1.54, 1.807) is 0 Å². The molecule has 0 aliphatic carbocycles. The fourth-order valence-electron chi connectivity index (χ4n) is 2.25. The fourth-order valence-corrected chi connectivity index (χ4v) is 2.25. The molecule has 4 heteroatoms. The summed E-state index contributed by atoms with van der Waals surface area (Å²) in [6.45, 7) is 6.59. The van der Waals surface area contributed by atoms with Gasteiger partial charge in [0.15, 0.2) is 0 Å². The lowest BCUT2D eigenvalue weighted by atomic mass is 10.0. The Labute approximate surface area is 121 Å². The minimum absolute atomic E-state index is 0.153. The zero-order valence-electron chi connectivity index (χ0n) is 12.9. The van der Waals surface area contributed by atoms with Crippen molar-refractivity contribution >= 4 is 5.97 Å². The molecule has 1 atom stereocenters. The van der Waals surface area contributed by atoms with Crippen LogP contribution in [0.15, 0.2) is 12.1 Å². The second-order valence-electron chi connectivity index (χ2n) is 5.27. The first-order chi connectivity index (χ1) is 9.43. The summed E-state index contributed by atoms with van der Waals surface area (Å²) in [7, 11) is 1.40. The van der Waals surface area contributed by atoms with Crippen molar-refractivity contribution < 1.29 is 14.3 Å². The van der Waals surface area contributed by atoms with E-state index in [-0.39, 0.29) is 12.0 Å². The van der Waals surface area contributed by atoms with Gasteiger partial charge in [0.05, 0.1) is 13.7 Å². The number of methoxy groups -OCH3 is 1. The monoisotopic (exact) mass is 279 g/mol. The van der Waals surface area contributed by atoms with Gasteiger partial charge < -0.3 is 15.2 Å². The quantitative estimate of drug-likeness (QED) is 0.615. The fraction of sp³-hybridized carbons (Fsp3) is 0.562. The van der Waals surface area contributed by atoms with Gasteiger partial charge in [-0.05, 0) is 50.3 Å². The molecule has 0 aliphatic heterocycles. The summed E-state index contributed by atoms with van der Waals surface area (Å²) >= 11 is 0. The smallest absolute Gasteiger partial charge is 0.305 e. The van der Waals surface area contributed by atoms with Crippen LogP contribution in [0.25, 0.3) is 0 Å². The molecule has 4 nitrogen and oxygen atoms in total. The van der Waals surface area contributed by atoms with Gasteiger partial charge >= 0.3 is 5.97 Å². The first kappa shape index (κ1) is 16.5. The van der Waals surface area contributed by atoms with E-state index in [4.69, 9.17) is 10.5 Å². The lowest BCUT2D eigenvalue weighted by molar-refractivity contribution is -0.140. The van der Waals surface area contributed by atoms with E-state index in [0.717, 1.165) is 23.3 Å². The highest BCUT2D eigenvalue weighted by Gasteiger charge is 2.08. The largest absolute Gasteiger partial charge is 0.493 e. The van der Waals surface area contributed by atoms with Gasteiger partial charge in [0.1, 0.15) is 5.75 Å². The topological polar surface area (TPSA) is 61.5 Å². The maximum Gasteiger partial charge on any atom is 0.305 e. The van der Waals surface area contributed by atoms with Crippen LogP contribution in [0.1, 0.15) is 36.5 Å². The Bertz CT molecular complexity index is 432. The van der Waals surface area contributed by atoms with E-state index >= 15 is 0 Å². The van der Waals surface area contributed by atoms with Crippen molar-refractivity contribution in [2.45, 2.75) is 46.1 Å². The predicted molar refractivity (Wildman–Crippen MR) is 80.0 cm³/mol. The van der Waals surface area contributed by atoms with Gasteiger partial charge in [-0.25, -0.2) is 0 Å². The van der Waals surface area contributed by atoms with Crippen molar-refractivity contribution in [3.63, 3.8) is 0 Å².